The van der Waals surface area contributed by atoms with Gasteiger partial charge in [-0.25, -0.2) is 18.1 Å². The lowest BCUT2D eigenvalue weighted by atomic mass is 10.5. The zero-order valence-corrected chi connectivity index (χ0v) is 18.0. The van der Waals surface area contributed by atoms with Crippen molar-refractivity contribution in [2.24, 2.45) is 0 Å². The van der Waals surface area contributed by atoms with Crippen LogP contribution in [0.3, 0.4) is 0 Å². The van der Waals surface area contributed by atoms with Crippen LogP contribution >= 0.6 is 7.82 Å². The molecule has 0 saturated heterocycles. The van der Waals surface area contributed by atoms with Crippen LogP contribution in [0.15, 0.2) is 0 Å². The molecule has 0 aromatic heterocycles. The summed E-state index contributed by atoms with van der Waals surface area (Å²) in [5.74, 6) is 0. The summed E-state index contributed by atoms with van der Waals surface area (Å²) >= 11 is 0. The largest absolute Gasteiger partial charge is 0.488 e. The molecule has 0 fully saturated rings. The van der Waals surface area contributed by atoms with Crippen LogP contribution in [-0.4, -0.2) is 95.6 Å². The van der Waals surface area contributed by atoms with Crippen LogP contribution < -0.4 is 0 Å². The molecule has 0 aromatic rings. The molecule has 140 valence electrons. The molecule has 0 rings (SSSR count). The van der Waals surface area contributed by atoms with Gasteiger partial charge in [0.1, 0.15) is 0 Å². The Balaban J connectivity index is 5.40. The van der Waals surface area contributed by atoms with Crippen molar-refractivity contribution in [2.75, 3.05) is 63.4 Å². The fourth-order valence-electron chi connectivity index (χ4n) is 1.06. The topological polar surface area (TPSA) is 44.8 Å². The smallest absolute Gasteiger partial charge is 0.306 e. The van der Waals surface area contributed by atoms with E-state index in [1.54, 1.807) is 0 Å². The first-order valence-corrected chi connectivity index (χ1v) is 9.43. The van der Waals surface area contributed by atoms with E-state index in [4.69, 9.17) is 13.6 Å². The fourth-order valence-corrected chi connectivity index (χ4v) is 3.18. The Labute approximate surface area is 143 Å². The molecule has 0 saturated carbocycles. The van der Waals surface area contributed by atoms with E-state index in [0.717, 1.165) is 0 Å². The molecule has 0 amide bonds. The van der Waals surface area contributed by atoms with Crippen molar-refractivity contribution in [1.82, 2.24) is 0 Å². The van der Waals surface area contributed by atoms with Gasteiger partial charge in [0.2, 0.25) is 18.7 Å². The Morgan fingerprint density at radius 2 is 0.739 bits per heavy atom. The summed E-state index contributed by atoms with van der Waals surface area (Å²) in [5, 5.41) is 0. The average Bonchev–Trinajstić information content (AvgIpc) is 2.23. The van der Waals surface area contributed by atoms with E-state index >= 15 is 0 Å². The van der Waals surface area contributed by atoms with Crippen LogP contribution in [0.1, 0.15) is 20.8 Å². The van der Waals surface area contributed by atoms with Gasteiger partial charge in [-0.05, 0) is 0 Å². The molecule has 0 aromatic carbocycles. The third-order valence-corrected chi connectivity index (χ3v) is 5.81. The Bertz CT molecular complexity index is 362. The molecule has 0 spiro atoms. The van der Waals surface area contributed by atoms with E-state index < -0.39 is 7.82 Å². The van der Waals surface area contributed by atoms with Gasteiger partial charge < -0.3 is 13.4 Å². The highest BCUT2D eigenvalue weighted by molar-refractivity contribution is 7.48. The van der Waals surface area contributed by atoms with Crippen molar-refractivity contribution in [3.8, 4) is 0 Å². The van der Waals surface area contributed by atoms with Crippen LogP contribution in [0.4, 0.5) is 0 Å². The zero-order chi connectivity index (χ0) is 18.9. The van der Waals surface area contributed by atoms with Crippen molar-refractivity contribution in [1.29, 1.82) is 0 Å². The maximum absolute atomic E-state index is 13.3. The van der Waals surface area contributed by atoms with Crippen molar-refractivity contribution >= 4 is 7.82 Å². The molecule has 0 bridgehead atoms. The normalized spacial score (nSPS) is 20.7. The molecule has 23 heavy (non-hydrogen) atoms. The van der Waals surface area contributed by atoms with E-state index in [1.165, 1.54) is 0 Å². The predicted octanol–water partition coefficient (Wildman–Crippen LogP) is 2.30. The Morgan fingerprint density at radius 1 is 0.565 bits per heavy atom. The Morgan fingerprint density at radius 3 is 0.870 bits per heavy atom. The minimum Gasteiger partial charge on any atom is -0.306 e. The summed E-state index contributed by atoms with van der Waals surface area (Å²) in [4.78, 5) is 0. The molecule has 0 radical (unpaired) electrons. The summed E-state index contributed by atoms with van der Waals surface area (Å²) in [7, 11) is 14.0. The summed E-state index contributed by atoms with van der Waals surface area (Å²) in [6.07, 6.45) is -1.000. The molecular weight excluding hydrogens is 317 g/mol. The number of phosphoric acid groups is 1. The quantitative estimate of drug-likeness (QED) is 0.361. The predicted molar refractivity (Wildman–Crippen MR) is 93.3 cm³/mol. The average molecular weight is 356 g/mol. The van der Waals surface area contributed by atoms with Gasteiger partial charge in [0.15, 0.2) is 0 Å². The Hall–Kier alpha value is -0.0100. The van der Waals surface area contributed by atoms with E-state index in [1.807, 2.05) is 84.2 Å². The van der Waals surface area contributed by atoms with Gasteiger partial charge in [0, 0.05) is 20.8 Å². The highest BCUT2D eigenvalue weighted by Crippen LogP contribution is 2.54. The van der Waals surface area contributed by atoms with Crippen LogP contribution in [0.25, 0.3) is 0 Å². The summed E-state index contributed by atoms with van der Waals surface area (Å²) in [6.45, 7) is 5.60. The minimum absolute atomic E-state index is 0.333. The van der Waals surface area contributed by atoms with Crippen LogP contribution in [-0.2, 0) is 18.1 Å². The van der Waals surface area contributed by atoms with Crippen molar-refractivity contribution < 1.29 is 31.6 Å². The number of phosphoric ester groups is 1. The summed E-state index contributed by atoms with van der Waals surface area (Å²) in [5.41, 5.74) is 0. The van der Waals surface area contributed by atoms with E-state index in [0.29, 0.717) is 13.4 Å². The first kappa shape index (κ1) is 23.0. The fraction of sp³-hybridized carbons (Fsp3) is 1.00. The van der Waals surface area contributed by atoms with Crippen LogP contribution in [0.2, 0.25) is 0 Å². The van der Waals surface area contributed by atoms with Crippen molar-refractivity contribution in [3.63, 3.8) is 0 Å². The maximum Gasteiger partial charge on any atom is 0.488 e. The first-order chi connectivity index (χ1) is 9.88. The lowest BCUT2D eigenvalue weighted by Crippen LogP contribution is -2.48. The molecule has 0 N–H and O–H groups in total. The molecule has 0 aliphatic carbocycles. The number of quaternary nitrogens is 3. The van der Waals surface area contributed by atoms with Crippen molar-refractivity contribution in [3.05, 3.63) is 0 Å². The lowest BCUT2D eigenvalue weighted by Gasteiger charge is -2.38. The number of rotatable bonds is 9. The second-order valence-corrected chi connectivity index (χ2v) is 10.4. The molecule has 3 atom stereocenters. The van der Waals surface area contributed by atoms with Gasteiger partial charge in [0.05, 0.1) is 63.4 Å². The molecule has 7 nitrogen and oxygen atoms in total. The molecule has 0 aliphatic rings. The third kappa shape index (κ3) is 8.07. The van der Waals surface area contributed by atoms with Gasteiger partial charge in [-0.1, -0.05) is 0 Å². The lowest BCUT2D eigenvalue weighted by molar-refractivity contribution is -0.920. The standard InChI is InChI=1S/C15H39N3O4P/c1-13(16(4,5)6)20-23(19,21-14(2)17(7,8)9)22-15(3)18(10,11)12/h13-15H,1-12H3/q+3. The van der Waals surface area contributed by atoms with Gasteiger partial charge in [-0.2, -0.15) is 0 Å². The second-order valence-electron chi connectivity index (χ2n) is 8.91. The molecule has 8 heteroatoms. The summed E-state index contributed by atoms with van der Waals surface area (Å²) in [6, 6.07) is 0. The van der Waals surface area contributed by atoms with Gasteiger partial charge >= 0.3 is 7.82 Å². The van der Waals surface area contributed by atoms with Crippen LogP contribution in [0, 0.1) is 0 Å². The molecule has 3 unspecified atom stereocenters. The number of hydrogen-bond donors (Lipinski definition) is 0. The third-order valence-electron chi connectivity index (χ3n) is 4.12. The van der Waals surface area contributed by atoms with Gasteiger partial charge in [-0.3, -0.25) is 0 Å². The van der Waals surface area contributed by atoms with E-state index in [-0.39, 0.29) is 18.7 Å². The molecule has 0 heterocycles. The first-order valence-electron chi connectivity index (χ1n) is 7.97. The minimum atomic E-state index is -3.72. The second kappa shape index (κ2) is 7.48. The maximum atomic E-state index is 13.3. The highest BCUT2D eigenvalue weighted by Gasteiger charge is 2.42. The van der Waals surface area contributed by atoms with Crippen LogP contribution in [0.5, 0.6) is 0 Å². The van der Waals surface area contributed by atoms with E-state index in [2.05, 4.69) is 0 Å². The number of hydrogen-bond acceptors (Lipinski definition) is 4. The Kier molecular flexibility index (Phi) is 7.48. The molecule has 0 aliphatic heterocycles. The van der Waals surface area contributed by atoms with Gasteiger partial charge in [0.25, 0.3) is 0 Å². The summed E-state index contributed by atoms with van der Waals surface area (Å²) < 4.78 is 32.2. The van der Waals surface area contributed by atoms with E-state index in [9.17, 15) is 4.57 Å². The zero-order valence-electron chi connectivity index (χ0n) is 17.2. The van der Waals surface area contributed by atoms with Gasteiger partial charge in [-0.15, -0.1) is 0 Å². The molecular formula is C15H39N3O4P+3. The highest BCUT2D eigenvalue weighted by atomic mass is 31.2. The van der Waals surface area contributed by atoms with Crippen molar-refractivity contribution in [2.45, 2.75) is 39.5 Å². The monoisotopic (exact) mass is 356 g/mol. The SMILES string of the molecule is CC(OP(=O)(OC(C)[N+](C)(C)C)OC(C)[N+](C)(C)C)[N+](C)(C)C. The number of nitrogens with zero attached hydrogens (tertiary/aromatic N) is 3.